The van der Waals surface area contributed by atoms with Gasteiger partial charge >= 0.3 is 5.97 Å². The summed E-state index contributed by atoms with van der Waals surface area (Å²) in [4.78, 5) is 27.5. The molecule has 5 nitrogen and oxygen atoms in total. The summed E-state index contributed by atoms with van der Waals surface area (Å²) in [5, 5.41) is 0.150. The number of rotatable bonds is 4. The average molecular weight is 311 g/mol. The second kappa shape index (κ2) is 5.79. The van der Waals surface area contributed by atoms with Gasteiger partial charge < -0.3 is 9.30 Å². The van der Waals surface area contributed by atoms with Crippen molar-refractivity contribution in [3.63, 3.8) is 0 Å². The fourth-order valence-corrected chi connectivity index (χ4v) is 3.98. The van der Waals surface area contributed by atoms with Gasteiger partial charge in [-0.3, -0.25) is 4.79 Å². The first-order chi connectivity index (χ1) is 10.1. The lowest BCUT2D eigenvalue weighted by molar-refractivity contribution is -0.0313. The molecule has 0 N–H and O–H groups in total. The molecule has 1 heterocycles. The third kappa shape index (κ3) is 2.59. The molecule has 1 atom stereocenters. The van der Waals surface area contributed by atoms with E-state index < -0.39 is 5.97 Å². The third-order valence-corrected chi connectivity index (χ3v) is 5.10. The quantitative estimate of drug-likeness (QED) is 0.633. The predicted molar refractivity (Wildman–Crippen MR) is 77.6 cm³/mol. The lowest BCUT2D eigenvalue weighted by atomic mass is 9.69. The number of aldehydes is 1. The number of halogens is 1. The maximum atomic E-state index is 12.5. The third-order valence-electron chi connectivity index (χ3n) is 4.81. The van der Waals surface area contributed by atoms with Gasteiger partial charge in [0.2, 0.25) is 5.28 Å². The molecule has 1 aromatic rings. The molecule has 0 saturated heterocycles. The van der Waals surface area contributed by atoms with Crippen LogP contribution in [0.15, 0.2) is 0 Å². The molecule has 3 aliphatic carbocycles. The summed E-state index contributed by atoms with van der Waals surface area (Å²) in [6, 6.07) is 0. The molecular weight excluding hydrogens is 292 g/mol. The van der Waals surface area contributed by atoms with Crippen molar-refractivity contribution in [2.75, 3.05) is 0 Å². The second-order valence-corrected chi connectivity index (χ2v) is 6.28. The summed E-state index contributed by atoms with van der Waals surface area (Å²) in [5.74, 6) is 0.668. The van der Waals surface area contributed by atoms with Crippen LogP contribution in [0.2, 0.25) is 5.28 Å². The van der Waals surface area contributed by atoms with E-state index in [-0.39, 0.29) is 22.8 Å². The van der Waals surface area contributed by atoms with Crippen molar-refractivity contribution < 1.29 is 14.3 Å². The molecule has 1 aromatic heterocycles. The summed E-state index contributed by atoms with van der Waals surface area (Å²) >= 11 is 5.96. The Morgan fingerprint density at radius 3 is 2.67 bits per heavy atom. The van der Waals surface area contributed by atoms with E-state index in [1.54, 1.807) is 0 Å². The smallest absolute Gasteiger partial charge is 0.357 e. The van der Waals surface area contributed by atoms with Crippen molar-refractivity contribution in [3.8, 4) is 0 Å². The van der Waals surface area contributed by atoms with Crippen LogP contribution in [-0.4, -0.2) is 27.9 Å². The van der Waals surface area contributed by atoms with Gasteiger partial charge in [0.15, 0.2) is 12.0 Å². The van der Waals surface area contributed by atoms with Gasteiger partial charge in [-0.1, -0.05) is 0 Å². The van der Waals surface area contributed by atoms with Crippen LogP contribution in [0.25, 0.3) is 0 Å². The Kier molecular flexibility index (Phi) is 4.02. The molecular formula is C15H19ClN2O3. The maximum Gasteiger partial charge on any atom is 0.357 e. The van der Waals surface area contributed by atoms with Gasteiger partial charge in [-0.2, -0.15) is 0 Å². The van der Waals surface area contributed by atoms with Crippen molar-refractivity contribution in [2.24, 2.45) is 11.8 Å². The molecule has 3 saturated carbocycles. The van der Waals surface area contributed by atoms with E-state index in [0.717, 1.165) is 19.3 Å². The van der Waals surface area contributed by atoms with Crippen molar-refractivity contribution >= 4 is 23.9 Å². The van der Waals surface area contributed by atoms with E-state index in [1.165, 1.54) is 17.4 Å². The fourth-order valence-electron chi connectivity index (χ4n) is 3.68. The van der Waals surface area contributed by atoms with Crippen molar-refractivity contribution in [3.05, 3.63) is 16.7 Å². The van der Waals surface area contributed by atoms with Gasteiger partial charge in [0.05, 0.1) is 0 Å². The number of hydrogen-bond acceptors (Lipinski definition) is 4. The van der Waals surface area contributed by atoms with Gasteiger partial charge in [0.1, 0.15) is 11.8 Å². The molecule has 6 heteroatoms. The highest BCUT2D eigenvalue weighted by Gasteiger charge is 2.38. The summed E-state index contributed by atoms with van der Waals surface area (Å²) in [6.45, 7) is 2.32. The van der Waals surface area contributed by atoms with Crippen LogP contribution >= 0.6 is 11.6 Å². The SMILES string of the molecule is CCn1c(Cl)nc(C=O)c1C(=O)OC1CC2CCC1CC2. The van der Waals surface area contributed by atoms with Crippen molar-refractivity contribution in [1.29, 1.82) is 0 Å². The zero-order valence-corrected chi connectivity index (χ0v) is 12.8. The number of nitrogens with zero attached hydrogens (tertiary/aromatic N) is 2. The number of esters is 1. The Morgan fingerprint density at radius 2 is 2.14 bits per heavy atom. The number of imidazole rings is 1. The van der Waals surface area contributed by atoms with E-state index in [4.69, 9.17) is 16.3 Å². The number of fused-ring (bicyclic) bond motifs is 3. The Balaban J connectivity index is 1.81. The zero-order valence-electron chi connectivity index (χ0n) is 12.0. The highest BCUT2D eigenvalue weighted by Crippen LogP contribution is 2.42. The van der Waals surface area contributed by atoms with Gasteiger partial charge in [-0.15, -0.1) is 0 Å². The molecule has 3 fully saturated rings. The number of carbonyl (C=O) groups excluding carboxylic acids is 2. The lowest BCUT2D eigenvalue weighted by Gasteiger charge is -2.41. The minimum absolute atomic E-state index is 0.0246. The summed E-state index contributed by atoms with van der Waals surface area (Å²) < 4.78 is 7.21. The number of ether oxygens (including phenoxy) is 1. The Bertz CT molecular complexity index is 562. The first kappa shape index (κ1) is 14.6. The predicted octanol–water partition coefficient (Wildman–Crippen LogP) is 3.10. The topological polar surface area (TPSA) is 61.2 Å². The molecule has 0 spiro atoms. The van der Waals surface area contributed by atoms with Gasteiger partial charge in [-0.25, -0.2) is 9.78 Å². The van der Waals surface area contributed by atoms with Crippen LogP contribution in [0.4, 0.5) is 0 Å². The van der Waals surface area contributed by atoms with E-state index in [0.29, 0.717) is 24.7 Å². The molecule has 114 valence electrons. The van der Waals surface area contributed by atoms with E-state index in [9.17, 15) is 9.59 Å². The van der Waals surface area contributed by atoms with Crippen molar-refractivity contribution in [1.82, 2.24) is 9.55 Å². The van der Waals surface area contributed by atoms with E-state index in [2.05, 4.69) is 4.98 Å². The monoisotopic (exact) mass is 310 g/mol. The fraction of sp³-hybridized carbons (Fsp3) is 0.667. The van der Waals surface area contributed by atoms with Crippen LogP contribution in [0.3, 0.4) is 0 Å². The number of hydrogen-bond donors (Lipinski definition) is 0. The van der Waals surface area contributed by atoms with E-state index >= 15 is 0 Å². The zero-order chi connectivity index (χ0) is 15.0. The second-order valence-electron chi connectivity index (χ2n) is 5.94. The Hall–Kier alpha value is -1.36. The normalized spacial score (nSPS) is 27.6. The molecule has 0 aliphatic heterocycles. The van der Waals surface area contributed by atoms with Crippen LogP contribution in [0.5, 0.6) is 0 Å². The minimum Gasteiger partial charge on any atom is -0.457 e. The number of aromatic nitrogens is 2. The van der Waals surface area contributed by atoms with Gasteiger partial charge in [0.25, 0.3) is 0 Å². The highest BCUT2D eigenvalue weighted by atomic mass is 35.5. The number of carbonyl (C=O) groups is 2. The molecule has 0 amide bonds. The molecule has 0 aromatic carbocycles. The maximum absolute atomic E-state index is 12.5. The molecule has 3 aliphatic rings. The van der Waals surface area contributed by atoms with Gasteiger partial charge in [0, 0.05) is 6.54 Å². The summed E-state index contributed by atoms with van der Waals surface area (Å²) in [6.07, 6.45) is 6.24. The Labute approximate surface area is 128 Å². The first-order valence-electron chi connectivity index (χ1n) is 7.56. The average Bonchev–Trinajstić information content (AvgIpc) is 2.84. The van der Waals surface area contributed by atoms with Crippen LogP contribution < -0.4 is 0 Å². The van der Waals surface area contributed by atoms with E-state index in [1.807, 2.05) is 6.92 Å². The Morgan fingerprint density at radius 1 is 1.43 bits per heavy atom. The summed E-state index contributed by atoms with van der Waals surface area (Å²) in [5.41, 5.74) is 0.242. The standard InChI is InChI=1S/C15H19ClN2O3/c1-2-18-13(11(8-19)17-15(18)16)14(20)21-12-7-9-3-5-10(12)6-4-9/h8-10,12H,2-7H2,1H3. The highest BCUT2D eigenvalue weighted by molar-refractivity contribution is 6.29. The lowest BCUT2D eigenvalue weighted by Crippen LogP contribution is -2.38. The molecule has 1 unspecified atom stereocenters. The van der Waals surface area contributed by atoms with Gasteiger partial charge in [-0.05, 0) is 62.5 Å². The van der Waals surface area contributed by atoms with Crippen LogP contribution in [0, 0.1) is 11.8 Å². The largest absolute Gasteiger partial charge is 0.457 e. The van der Waals surface area contributed by atoms with Crippen LogP contribution in [0.1, 0.15) is 60.0 Å². The molecule has 21 heavy (non-hydrogen) atoms. The molecule has 4 rings (SSSR count). The molecule has 0 radical (unpaired) electrons. The summed E-state index contributed by atoms with van der Waals surface area (Å²) in [7, 11) is 0. The first-order valence-corrected chi connectivity index (χ1v) is 7.94. The van der Waals surface area contributed by atoms with Crippen molar-refractivity contribution in [2.45, 2.75) is 51.7 Å². The molecule has 2 bridgehead atoms. The minimum atomic E-state index is -0.476. The van der Waals surface area contributed by atoms with Crippen LogP contribution in [-0.2, 0) is 11.3 Å².